The van der Waals surface area contributed by atoms with Crippen LogP contribution in [0.1, 0.15) is 12.5 Å². The zero-order chi connectivity index (χ0) is 14.3. The zero-order valence-electron chi connectivity index (χ0n) is 10.6. The number of rotatable bonds is 7. The van der Waals surface area contributed by atoms with Crippen molar-refractivity contribution in [2.45, 2.75) is 13.3 Å². The highest BCUT2D eigenvalue weighted by Crippen LogP contribution is 2.03. The molecule has 0 atom stereocenters. The number of sulfonamides is 1. The van der Waals surface area contributed by atoms with Crippen LogP contribution in [0.4, 0.5) is 4.39 Å². The summed E-state index contributed by atoms with van der Waals surface area (Å²) in [6.45, 7) is 1.92. The van der Waals surface area contributed by atoms with Gasteiger partial charge in [0, 0.05) is 13.1 Å². The first-order valence-corrected chi connectivity index (χ1v) is 7.56. The number of hydrogen-bond donors (Lipinski definition) is 2. The lowest BCUT2D eigenvalue weighted by Crippen LogP contribution is -2.35. The Kier molecular flexibility index (Phi) is 5.91. The number of nitrogens with one attached hydrogen (secondary N) is 2. The number of benzene rings is 1. The SMILES string of the molecule is CCS(=O)(=O)NCCNC(=O)Cc1ccc(F)cc1. The predicted octanol–water partition coefficient (Wildman–Crippen LogP) is 0.424. The number of halogens is 1. The van der Waals surface area contributed by atoms with E-state index in [1.165, 1.54) is 31.2 Å². The number of hydrogen-bond acceptors (Lipinski definition) is 3. The molecule has 7 heteroatoms. The van der Waals surface area contributed by atoms with Gasteiger partial charge in [-0.15, -0.1) is 0 Å². The van der Waals surface area contributed by atoms with Crippen LogP contribution in [0.2, 0.25) is 0 Å². The normalized spacial score (nSPS) is 11.3. The molecule has 0 heterocycles. The van der Waals surface area contributed by atoms with Gasteiger partial charge in [0.05, 0.1) is 12.2 Å². The summed E-state index contributed by atoms with van der Waals surface area (Å²) < 4.78 is 37.2. The van der Waals surface area contributed by atoms with Crippen LogP contribution in [0, 0.1) is 5.82 Å². The van der Waals surface area contributed by atoms with Crippen molar-refractivity contribution < 1.29 is 17.6 Å². The average Bonchev–Trinajstić information content (AvgIpc) is 2.38. The van der Waals surface area contributed by atoms with E-state index in [2.05, 4.69) is 10.0 Å². The first-order chi connectivity index (χ1) is 8.93. The molecule has 0 aromatic heterocycles. The Morgan fingerprint density at radius 3 is 2.42 bits per heavy atom. The van der Waals surface area contributed by atoms with Crippen molar-refractivity contribution in [2.75, 3.05) is 18.8 Å². The van der Waals surface area contributed by atoms with Crippen LogP contribution in [0.15, 0.2) is 24.3 Å². The summed E-state index contributed by atoms with van der Waals surface area (Å²) in [4.78, 5) is 11.5. The molecular weight excluding hydrogens is 271 g/mol. The minimum Gasteiger partial charge on any atom is -0.355 e. The van der Waals surface area contributed by atoms with Crippen molar-refractivity contribution in [3.8, 4) is 0 Å². The van der Waals surface area contributed by atoms with Crippen molar-refractivity contribution in [2.24, 2.45) is 0 Å². The highest BCUT2D eigenvalue weighted by molar-refractivity contribution is 7.89. The summed E-state index contributed by atoms with van der Waals surface area (Å²) in [5, 5.41) is 2.58. The monoisotopic (exact) mass is 288 g/mol. The predicted molar refractivity (Wildman–Crippen MR) is 70.6 cm³/mol. The smallest absolute Gasteiger partial charge is 0.224 e. The van der Waals surface area contributed by atoms with E-state index in [0.29, 0.717) is 5.56 Å². The molecule has 0 saturated carbocycles. The van der Waals surface area contributed by atoms with Crippen molar-refractivity contribution in [1.82, 2.24) is 10.0 Å². The van der Waals surface area contributed by atoms with Gasteiger partial charge in [-0.25, -0.2) is 17.5 Å². The van der Waals surface area contributed by atoms with Crippen LogP contribution in [0.3, 0.4) is 0 Å². The molecule has 1 aromatic carbocycles. The first-order valence-electron chi connectivity index (χ1n) is 5.91. The molecule has 0 fully saturated rings. The van der Waals surface area contributed by atoms with Crippen molar-refractivity contribution in [3.63, 3.8) is 0 Å². The summed E-state index contributed by atoms with van der Waals surface area (Å²) in [6.07, 6.45) is 0.140. The van der Waals surface area contributed by atoms with Crippen LogP contribution >= 0.6 is 0 Å². The van der Waals surface area contributed by atoms with E-state index >= 15 is 0 Å². The van der Waals surface area contributed by atoms with Crippen LogP contribution < -0.4 is 10.0 Å². The highest BCUT2D eigenvalue weighted by Gasteiger charge is 2.06. The molecule has 0 aliphatic heterocycles. The van der Waals surface area contributed by atoms with Crippen molar-refractivity contribution in [1.29, 1.82) is 0 Å². The van der Waals surface area contributed by atoms with Gasteiger partial charge in [0.2, 0.25) is 15.9 Å². The second-order valence-electron chi connectivity index (χ2n) is 3.95. The maximum absolute atomic E-state index is 12.7. The van der Waals surface area contributed by atoms with Gasteiger partial charge in [0.25, 0.3) is 0 Å². The molecule has 0 aliphatic carbocycles. The van der Waals surface area contributed by atoms with Crippen molar-refractivity contribution in [3.05, 3.63) is 35.6 Å². The topological polar surface area (TPSA) is 75.3 Å². The first kappa shape index (κ1) is 15.6. The molecule has 5 nitrogen and oxygen atoms in total. The molecule has 1 rings (SSSR count). The molecule has 0 radical (unpaired) electrons. The van der Waals surface area contributed by atoms with E-state index in [0.717, 1.165) is 0 Å². The molecule has 106 valence electrons. The van der Waals surface area contributed by atoms with Crippen LogP contribution in [-0.2, 0) is 21.2 Å². The molecule has 1 aromatic rings. The second-order valence-corrected chi connectivity index (χ2v) is 6.05. The molecule has 0 bridgehead atoms. The number of amides is 1. The van der Waals surface area contributed by atoms with Gasteiger partial charge in [-0.1, -0.05) is 12.1 Å². The van der Waals surface area contributed by atoms with Gasteiger partial charge in [-0.3, -0.25) is 4.79 Å². The molecule has 0 saturated heterocycles. The number of carbonyl (C=O) groups is 1. The van der Waals surface area contributed by atoms with Gasteiger partial charge in [0.15, 0.2) is 0 Å². The Morgan fingerprint density at radius 1 is 1.21 bits per heavy atom. The summed E-state index contributed by atoms with van der Waals surface area (Å²) in [5.74, 6) is -0.572. The van der Waals surface area contributed by atoms with E-state index in [4.69, 9.17) is 0 Å². The quantitative estimate of drug-likeness (QED) is 0.714. The minimum absolute atomic E-state index is 0.0104. The molecule has 0 unspecified atom stereocenters. The van der Waals surface area contributed by atoms with Gasteiger partial charge < -0.3 is 5.32 Å². The fraction of sp³-hybridized carbons (Fsp3) is 0.417. The molecular formula is C12H17FN2O3S. The summed E-state index contributed by atoms with van der Waals surface area (Å²) in [5.41, 5.74) is 0.702. The fourth-order valence-electron chi connectivity index (χ4n) is 1.36. The van der Waals surface area contributed by atoms with E-state index < -0.39 is 10.0 Å². The average molecular weight is 288 g/mol. The van der Waals surface area contributed by atoms with Crippen LogP contribution in [0.5, 0.6) is 0 Å². The maximum atomic E-state index is 12.7. The summed E-state index contributed by atoms with van der Waals surface area (Å²) in [7, 11) is -3.22. The molecule has 0 spiro atoms. The Labute approximate surface area is 112 Å². The van der Waals surface area contributed by atoms with Crippen LogP contribution in [0.25, 0.3) is 0 Å². The van der Waals surface area contributed by atoms with Gasteiger partial charge >= 0.3 is 0 Å². The Bertz CT molecular complexity index is 514. The minimum atomic E-state index is -3.22. The molecule has 2 N–H and O–H groups in total. The standard InChI is InChI=1S/C12H17FN2O3S/c1-2-19(17,18)15-8-7-14-12(16)9-10-3-5-11(13)6-4-10/h3-6,15H,2,7-9H2,1H3,(H,14,16). The highest BCUT2D eigenvalue weighted by atomic mass is 32.2. The van der Waals surface area contributed by atoms with Gasteiger partial charge in [-0.05, 0) is 24.6 Å². The largest absolute Gasteiger partial charge is 0.355 e. The summed E-state index contributed by atoms with van der Waals surface area (Å²) in [6, 6.07) is 5.65. The Hall–Kier alpha value is -1.47. The zero-order valence-corrected chi connectivity index (χ0v) is 11.5. The molecule has 19 heavy (non-hydrogen) atoms. The van der Waals surface area contributed by atoms with E-state index in [9.17, 15) is 17.6 Å². The third-order valence-electron chi connectivity index (χ3n) is 2.43. The maximum Gasteiger partial charge on any atom is 0.224 e. The lowest BCUT2D eigenvalue weighted by atomic mass is 10.1. The molecule has 1 amide bonds. The lowest BCUT2D eigenvalue weighted by Gasteiger charge is -2.06. The summed E-state index contributed by atoms with van der Waals surface area (Å²) >= 11 is 0. The van der Waals surface area contributed by atoms with Gasteiger partial charge in [0.1, 0.15) is 5.82 Å². The third-order valence-corrected chi connectivity index (χ3v) is 3.83. The second kappa shape index (κ2) is 7.20. The van der Waals surface area contributed by atoms with Gasteiger partial charge in [-0.2, -0.15) is 0 Å². The van der Waals surface area contributed by atoms with Crippen LogP contribution in [-0.4, -0.2) is 33.2 Å². The Balaban J connectivity index is 2.27. The van der Waals surface area contributed by atoms with E-state index in [1.807, 2.05) is 0 Å². The third kappa shape index (κ3) is 6.30. The van der Waals surface area contributed by atoms with Crippen molar-refractivity contribution >= 4 is 15.9 Å². The Morgan fingerprint density at radius 2 is 1.84 bits per heavy atom. The molecule has 0 aliphatic rings. The van der Waals surface area contributed by atoms with E-state index in [-0.39, 0.29) is 37.0 Å². The lowest BCUT2D eigenvalue weighted by molar-refractivity contribution is -0.120. The number of carbonyl (C=O) groups excluding carboxylic acids is 1. The fourth-order valence-corrected chi connectivity index (χ4v) is 1.98. The van der Waals surface area contributed by atoms with E-state index in [1.54, 1.807) is 0 Å².